The van der Waals surface area contributed by atoms with Crippen molar-refractivity contribution in [1.82, 2.24) is 4.98 Å². The zero-order valence-corrected chi connectivity index (χ0v) is 16.1. The molecule has 8 heteroatoms. The Morgan fingerprint density at radius 1 is 1.00 bits per heavy atom. The molecule has 0 aliphatic heterocycles. The van der Waals surface area contributed by atoms with Gasteiger partial charge in [0.15, 0.2) is 5.75 Å². The van der Waals surface area contributed by atoms with Crippen LogP contribution in [0.3, 0.4) is 0 Å². The molecule has 3 rings (SSSR count). The number of rotatable bonds is 8. The molecule has 7 nitrogen and oxygen atoms in total. The summed E-state index contributed by atoms with van der Waals surface area (Å²) in [4.78, 5) is 3.87. The third-order valence-electron chi connectivity index (χ3n) is 3.80. The lowest BCUT2D eigenvalue weighted by molar-refractivity contribution is 0.333. The molecular weight excluding hydrogens is 378 g/mol. The fraction of sp³-hybridized carbons (Fsp3) is 0.150. The van der Waals surface area contributed by atoms with E-state index in [4.69, 9.17) is 4.74 Å². The number of nitrogens with zero attached hydrogens (tertiary/aromatic N) is 1. The first-order chi connectivity index (χ1) is 13.4. The lowest BCUT2D eigenvalue weighted by Gasteiger charge is -2.13. The van der Waals surface area contributed by atoms with Crippen LogP contribution in [0.15, 0.2) is 71.9 Å². The minimum Gasteiger partial charge on any atom is -0.492 e. The van der Waals surface area contributed by atoms with Gasteiger partial charge in [-0.05, 0) is 48.9 Å². The molecule has 1 radical (unpaired) electrons. The maximum atomic E-state index is 12.5. The van der Waals surface area contributed by atoms with Gasteiger partial charge >= 0.3 is 0 Å². The smallest absolute Gasteiger partial charge is 0.262 e. The van der Waals surface area contributed by atoms with Crippen LogP contribution in [-0.4, -0.2) is 26.6 Å². The van der Waals surface area contributed by atoms with Gasteiger partial charge < -0.3 is 10.1 Å². The van der Waals surface area contributed by atoms with Gasteiger partial charge in [-0.2, -0.15) is 0 Å². The number of sulfonamides is 1. The highest BCUT2D eigenvalue weighted by atomic mass is 32.2. The van der Waals surface area contributed by atoms with Gasteiger partial charge in [-0.15, -0.1) is 0 Å². The van der Waals surface area contributed by atoms with Crippen LogP contribution in [0.2, 0.25) is 0 Å². The number of hydrogen-bond acceptors (Lipinski definition) is 5. The quantitative estimate of drug-likeness (QED) is 0.562. The number of anilines is 2. The largest absolute Gasteiger partial charge is 0.492 e. The molecule has 0 fully saturated rings. The van der Waals surface area contributed by atoms with Crippen LogP contribution in [0.1, 0.15) is 5.56 Å². The van der Waals surface area contributed by atoms with Crippen molar-refractivity contribution >= 4 is 21.4 Å². The number of benzene rings is 2. The minimum absolute atomic E-state index is 0.0782. The molecule has 2 N–H and O–H groups in total. The first-order valence-corrected chi connectivity index (χ1v) is 10.1. The standard InChI is InChI=1S/C20H20N3O4S/c1-15-11-17(23-28(25,26)20-4-2-3-18(24)14-20)13-19(12-15)27-10-9-22-16-5-7-21-8-6-16/h2-8,11-14,23H,9-10H2,1H3,(H,21,22). The summed E-state index contributed by atoms with van der Waals surface area (Å²) < 4.78 is 33.2. The Morgan fingerprint density at radius 2 is 1.79 bits per heavy atom. The van der Waals surface area contributed by atoms with Crippen LogP contribution >= 0.6 is 0 Å². The molecule has 0 atom stereocenters. The maximum Gasteiger partial charge on any atom is 0.262 e. The molecule has 0 aliphatic rings. The number of aryl methyl sites for hydroxylation is 1. The van der Waals surface area contributed by atoms with Crippen molar-refractivity contribution in [3.05, 3.63) is 72.6 Å². The van der Waals surface area contributed by atoms with Crippen molar-refractivity contribution in [2.75, 3.05) is 23.2 Å². The summed E-state index contributed by atoms with van der Waals surface area (Å²) in [6.07, 6.45) is 3.40. The van der Waals surface area contributed by atoms with Crippen molar-refractivity contribution in [2.24, 2.45) is 0 Å². The summed E-state index contributed by atoms with van der Waals surface area (Å²) in [6.45, 7) is 2.82. The Morgan fingerprint density at radius 3 is 2.54 bits per heavy atom. The van der Waals surface area contributed by atoms with Gasteiger partial charge in [0.1, 0.15) is 12.4 Å². The molecule has 1 aromatic heterocycles. The van der Waals surface area contributed by atoms with E-state index in [9.17, 15) is 13.5 Å². The highest BCUT2D eigenvalue weighted by molar-refractivity contribution is 7.92. The first-order valence-electron chi connectivity index (χ1n) is 8.61. The molecule has 0 aliphatic carbocycles. The second-order valence-electron chi connectivity index (χ2n) is 6.13. The highest BCUT2D eigenvalue weighted by Gasteiger charge is 2.15. The second kappa shape index (κ2) is 8.62. The van der Waals surface area contributed by atoms with Crippen molar-refractivity contribution in [2.45, 2.75) is 11.8 Å². The van der Waals surface area contributed by atoms with E-state index in [1.165, 1.54) is 18.2 Å². The fourth-order valence-electron chi connectivity index (χ4n) is 2.58. The van der Waals surface area contributed by atoms with E-state index in [2.05, 4.69) is 15.0 Å². The average molecular weight is 398 g/mol. The Bertz CT molecular complexity index is 1040. The normalized spacial score (nSPS) is 11.0. The van der Waals surface area contributed by atoms with E-state index in [-0.39, 0.29) is 10.6 Å². The van der Waals surface area contributed by atoms with E-state index in [1.54, 1.807) is 24.5 Å². The lowest BCUT2D eigenvalue weighted by atomic mass is 10.2. The zero-order chi connectivity index (χ0) is 20.0. The maximum absolute atomic E-state index is 12.5. The summed E-state index contributed by atoms with van der Waals surface area (Å²) >= 11 is 0. The Hall–Kier alpha value is -3.26. The first kappa shape index (κ1) is 19.5. The predicted octanol–water partition coefficient (Wildman–Crippen LogP) is 3.83. The number of aromatic nitrogens is 1. The Balaban J connectivity index is 1.64. The summed E-state index contributed by atoms with van der Waals surface area (Å²) in [5.74, 6) is 0.185. The zero-order valence-electron chi connectivity index (χ0n) is 15.3. The molecule has 28 heavy (non-hydrogen) atoms. The van der Waals surface area contributed by atoms with Gasteiger partial charge in [-0.1, -0.05) is 6.07 Å². The van der Waals surface area contributed by atoms with E-state index in [0.717, 1.165) is 17.3 Å². The van der Waals surface area contributed by atoms with E-state index in [1.807, 2.05) is 25.1 Å². The molecule has 0 unspecified atom stereocenters. The SMILES string of the molecule is Cc1cc(NS(=O)(=O)c2cccc([O])c2)cc(OCCNc2ccncc2)c1. The number of nitrogens with one attached hydrogen (secondary N) is 2. The lowest BCUT2D eigenvalue weighted by Crippen LogP contribution is -2.14. The number of hydrogen-bond donors (Lipinski definition) is 2. The molecule has 3 aromatic rings. The van der Waals surface area contributed by atoms with Gasteiger partial charge in [-0.3, -0.25) is 14.8 Å². The van der Waals surface area contributed by atoms with Crippen LogP contribution in [-0.2, 0) is 15.1 Å². The average Bonchev–Trinajstić information content (AvgIpc) is 2.65. The Labute approximate surface area is 164 Å². The van der Waals surface area contributed by atoms with Crippen LogP contribution in [0.25, 0.3) is 0 Å². The number of ether oxygens (including phenoxy) is 1. The van der Waals surface area contributed by atoms with E-state index in [0.29, 0.717) is 24.6 Å². The fourth-order valence-corrected chi connectivity index (χ4v) is 3.65. The topological polar surface area (TPSA) is 100 Å². The third-order valence-corrected chi connectivity index (χ3v) is 5.18. The molecule has 0 amide bonds. The predicted molar refractivity (Wildman–Crippen MR) is 107 cm³/mol. The van der Waals surface area contributed by atoms with Crippen molar-refractivity contribution in [1.29, 1.82) is 0 Å². The molecule has 145 valence electrons. The van der Waals surface area contributed by atoms with Crippen molar-refractivity contribution in [3.8, 4) is 11.5 Å². The summed E-state index contributed by atoms with van der Waals surface area (Å²) in [5, 5.41) is 14.6. The minimum atomic E-state index is -3.85. The van der Waals surface area contributed by atoms with Crippen LogP contribution < -0.4 is 14.8 Å². The van der Waals surface area contributed by atoms with Gasteiger partial charge in [0.2, 0.25) is 0 Å². The molecule has 0 saturated carbocycles. The second-order valence-corrected chi connectivity index (χ2v) is 7.81. The van der Waals surface area contributed by atoms with E-state index >= 15 is 0 Å². The van der Waals surface area contributed by atoms with Gasteiger partial charge in [0.25, 0.3) is 10.0 Å². The monoisotopic (exact) mass is 398 g/mol. The molecular formula is C20H20N3O4S. The Kier molecular flexibility index (Phi) is 6.00. The molecule has 2 aromatic carbocycles. The van der Waals surface area contributed by atoms with Crippen molar-refractivity contribution < 1.29 is 18.3 Å². The van der Waals surface area contributed by atoms with Crippen LogP contribution in [0, 0.1) is 6.92 Å². The molecule has 0 saturated heterocycles. The summed E-state index contributed by atoms with van der Waals surface area (Å²) in [6, 6.07) is 14.0. The van der Waals surface area contributed by atoms with E-state index < -0.39 is 10.0 Å². The van der Waals surface area contributed by atoms with Crippen molar-refractivity contribution in [3.63, 3.8) is 0 Å². The number of pyridine rings is 1. The van der Waals surface area contributed by atoms with Gasteiger partial charge in [0.05, 0.1) is 10.6 Å². The molecule has 1 heterocycles. The highest BCUT2D eigenvalue weighted by Crippen LogP contribution is 2.24. The molecule has 0 bridgehead atoms. The molecule has 0 spiro atoms. The van der Waals surface area contributed by atoms with Gasteiger partial charge in [0, 0.05) is 36.8 Å². The van der Waals surface area contributed by atoms with Crippen LogP contribution in [0.4, 0.5) is 11.4 Å². The van der Waals surface area contributed by atoms with Crippen LogP contribution in [0.5, 0.6) is 11.5 Å². The summed E-state index contributed by atoms with van der Waals surface area (Å²) in [7, 11) is -3.85. The summed E-state index contributed by atoms with van der Waals surface area (Å²) in [5.41, 5.74) is 2.15. The third kappa shape index (κ3) is 5.37. The van der Waals surface area contributed by atoms with Gasteiger partial charge in [-0.25, -0.2) is 8.42 Å².